The van der Waals surface area contributed by atoms with Crippen LogP contribution in [-0.4, -0.2) is 35.7 Å². The van der Waals surface area contributed by atoms with E-state index in [1.54, 1.807) is 4.90 Å². The highest BCUT2D eigenvalue weighted by atomic mass is 16.6. The van der Waals surface area contributed by atoms with Crippen LogP contribution < -0.4 is 5.32 Å². The van der Waals surface area contributed by atoms with Crippen LogP contribution in [0.1, 0.15) is 38.3 Å². The molecule has 0 radical (unpaired) electrons. The van der Waals surface area contributed by atoms with Gasteiger partial charge in [-0.3, -0.25) is 0 Å². The number of carbonyl (C=O) groups excluding carboxylic acids is 1. The van der Waals surface area contributed by atoms with Crippen molar-refractivity contribution in [2.45, 2.75) is 45.8 Å². The first kappa shape index (κ1) is 16.2. The van der Waals surface area contributed by atoms with Crippen LogP contribution in [0.25, 0.3) is 0 Å². The van der Waals surface area contributed by atoms with Gasteiger partial charge in [0.25, 0.3) is 0 Å². The van der Waals surface area contributed by atoms with Gasteiger partial charge in [-0.2, -0.15) is 5.26 Å². The number of ether oxygens (including phenoxy) is 1. The summed E-state index contributed by atoms with van der Waals surface area (Å²) < 4.78 is 5.39. The highest BCUT2D eigenvalue weighted by molar-refractivity contribution is 5.69. The maximum Gasteiger partial charge on any atom is 0.410 e. The first-order valence-corrected chi connectivity index (χ1v) is 7.54. The van der Waals surface area contributed by atoms with E-state index >= 15 is 0 Å². The van der Waals surface area contributed by atoms with E-state index < -0.39 is 5.60 Å². The molecule has 1 aliphatic rings. The number of rotatable bonds is 2. The normalized spacial score (nSPS) is 18.0. The van der Waals surface area contributed by atoms with E-state index in [9.17, 15) is 10.1 Å². The molecule has 0 bridgehead atoms. The molecule has 1 unspecified atom stereocenters. The molecule has 1 N–H and O–H groups in total. The third-order valence-electron chi connectivity index (χ3n) is 3.58. The number of amides is 1. The molecule has 22 heavy (non-hydrogen) atoms. The van der Waals surface area contributed by atoms with Gasteiger partial charge in [-0.1, -0.05) is 12.1 Å². The first-order valence-electron chi connectivity index (χ1n) is 7.54. The average molecular weight is 301 g/mol. The van der Waals surface area contributed by atoms with Gasteiger partial charge in [-0.05, 0) is 45.7 Å². The Morgan fingerprint density at radius 2 is 2.18 bits per heavy atom. The van der Waals surface area contributed by atoms with Crippen LogP contribution in [0.5, 0.6) is 0 Å². The van der Waals surface area contributed by atoms with Crippen molar-refractivity contribution in [3.05, 3.63) is 29.3 Å². The summed E-state index contributed by atoms with van der Waals surface area (Å²) in [6.07, 6.45) is 0.569. The van der Waals surface area contributed by atoms with Crippen LogP contribution in [0.4, 0.5) is 10.5 Å². The molecule has 1 saturated heterocycles. The van der Waals surface area contributed by atoms with E-state index in [1.807, 2.05) is 45.9 Å². The molecule has 0 aliphatic carbocycles. The van der Waals surface area contributed by atoms with Crippen LogP contribution >= 0.6 is 0 Å². The van der Waals surface area contributed by atoms with Gasteiger partial charge in [0.15, 0.2) is 0 Å². The highest BCUT2D eigenvalue weighted by Crippen LogP contribution is 2.23. The summed E-state index contributed by atoms with van der Waals surface area (Å²) in [7, 11) is 0. The number of nitrogens with one attached hydrogen (secondary N) is 1. The molecule has 1 amide bonds. The van der Waals surface area contributed by atoms with Crippen molar-refractivity contribution in [3.63, 3.8) is 0 Å². The minimum absolute atomic E-state index is 0.140. The zero-order valence-corrected chi connectivity index (χ0v) is 13.6. The third kappa shape index (κ3) is 3.91. The van der Waals surface area contributed by atoms with Crippen LogP contribution in [0.15, 0.2) is 18.2 Å². The predicted octanol–water partition coefficient (Wildman–Crippen LogP) is 3.29. The zero-order valence-electron chi connectivity index (χ0n) is 13.6. The maximum atomic E-state index is 12.1. The van der Waals surface area contributed by atoms with E-state index in [4.69, 9.17) is 4.74 Å². The second-order valence-corrected chi connectivity index (χ2v) is 6.67. The Hall–Kier alpha value is -2.22. The summed E-state index contributed by atoms with van der Waals surface area (Å²) in [5, 5.41) is 12.6. The monoisotopic (exact) mass is 301 g/mol. The Labute approximate surface area is 131 Å². The first-order chi connectivity index (χ1) is 10.3. The van der Waals surface area contributed by atoms with E-state index in [0.717, 1.165) is 17.7 Å². The van der Waals surface area contributed by atoms with Gasteiger partial charge in [0, 0.05) is 19.1 Å². The SMILES string of the molecule is Cc1cccc(NC2CCN(C(=O)OC(C)(C)C)C2)c1C#N. The molecule has 5 nitrogen and oxygen atoms in total. The lowest BCUT2D eigenvalue weighted by atomic mass is 10.1. The molecule has 0 aromatic heterocycles. The lowest BCUT2D eigenvalue weighted by Gasteiger charge is -2.24. The van der Waals surface area contributed by atoms with Gasteiger partial charge in [0.05, 0.1) is 11.3 Å². The minimum Gasteiger partial charge on any atom is -0.444 e. The van der Waals surface area contributed by atoms with Crippen molar-refractivity contribution in [1.29, 1.82) is 5.26 Å². The second-order valence-electron chi connectivity index (χ2n) is 6.67. The number of hydrogen-bond donors (Lipinski definition) is 1. The van der Waals surface area contributed by atoms with Crippen molar-refractivity contribution in [2.75, 3.05) is 18.4 Å². The molecule has 118 valence electrons. The van der Waals surface area contributed by atoms with E-state index in [0.29, 0.717) is 18.7 Å². The van der Waals surface area contributed by atoms with Crippen LogP contribution in [0.2, 0.25) is 0 Å². The minimum atomic E-state index is -0.479. The van der Waals surface area contributed by atoms with Gasteiger partial charge in [-0.25, -0.2) is 4.79 Å². The quantitative estimate of drug-likeness (QED) is 0.910. The lowest BCUT2D eigenvalue weighted by Crippen LogP contribution is -2.36. The van der Waals surface area contributed by atoms with Gasteiger partial charge >= 0.3 is 6.09 Å². The topological polar surface area (TPSA) is 65.4 Å². The summed E-state index contributed by atoms with van der Waals surface area (Å²) >= 11 is 0. The van der Waals surface area contributed by atoms with Crippen molar-refractivity contribution >= 4 is 11.8 Å². The Bertz CT molecular complexity index is 599. The molecule has 1 atom stereocenters. The molecule has 0 spiro atoms. The standard InChI is InChI=1S/C17H23N3O2/c1-12-6-5-7-15(14(12)10-18)19-13-8-9-20(11-13)16(21)22-17(2,3)4/h5-7,13,19H,8-9,11H2,1-4H3. The van der Waals surface area contributed by atoms with Gasteiger partial charge in [0.2, 0.25) is 0 Å². The fourth-order valence-electron chi connectivity index (χ4n) is 2.53. The highest BCUT2D eigenvalue weighted by Gasteiger charge is 2.30. The number of hydrogen-bond acceptors (Lipinski definition) is 4. The largest absolute Gasteiger partial charge is 0.444 e. The number of likely N-dealkylation sites (tertiary alicyclic amines) is 1. The van der Waals surface area contributed by atoms with Crippen LogP contribution in [0, 0.1) is 18.3 Å². The molecule has 1 heterocycles. The van der Waals surface area contributed by atoms with Crippen LogP contribution in [-0.2, 0) is 4.74 Å². The molecule has 1 aromatic rings. The van der Waals surface area contributed by atoms with Crippen molar-refractivity contribution in [1.82, 2.24) is 4.90 Å². The molecular weight excluding hydrogens is 278 g/mol. The smallest absolute Gasteiger partial charge is 0.410 e. The number of nitrogens with zero attached hydrogens (tertiary/aromatic N) is 2. The maximum absolute atomic E-state index is 12.1. The molecule has 1 aliphatic heterocycles. The van der Waals surface area contributed by atoms with Gasteiger partial charge in [0.1, 0.15) is 11.7 Å². The van der Waals surface area contributed by atoms with E-state index in [2.05, 4.69) is 11.4 Å². The molecular formula is C17H23N3O2. The number of aryl methyl sites for hydroxylation is 1. The molecule has 2 rings (SSSR count). The number of carbonyl (C=O) groups is 1. The molecule has 0 saturated carbocycles. The van der Waals surface area contributed by atoms with Crippen LogP contribution in [0.3, 0.4) is 0 Å². The Balaban J connectivity index is 1.99. The molecule has 1 aromatic carbocycles. The summed E-state index contributed by atoms with van der Waals surface area (Å²) in [6.45, 7) is 8.77. The predicted molar refractivity (Wildman–Crippen MR) is 85.7 cm³/mol. The van der Waals surface area contributed by atoms with Gasteiger partial charge in [-0.15, -0.1) is 0 Å². The Kier molecular flexibility index (Phi) is 4.60. The summed E-state index contributed by atoms with van der Waals surface area (Å²) in [5.41, 5.74) is 1.97. The fourth-order valence-corrected chi connectivity index (χ4v) is 2.53. The second kappa shape index (κ2) is 6.27. The zero-order chi connectivity index (χ0) is 16.3. The van der Waals surface area contributed by atoms with E-state index in [1.165, 1.54) is 0 Å². The summed E-state index contributed by atoms with van der Waals surface area (Å²) in [4.78, 5) is 13.8. The van der Waals surface area contributed by atoms with E-state index in [-0.39, 0.29) is 12.1 Å². The summed E-state index contributed by atoms with van der Waals surface area (Å²) in [6, 6.07) is 8.13. The lowest BCUT2D eigenvalue weighted by molar-refractivity contribution is 0.0293. The van der Waals surface area contributed by atoms with Gasteiger partial charge < -0.3 is 15.0 Å². The fraction of sp³-hybridized carbons (Fsp3) is 0.529. The molecule has 5 heteroatoms. The molecule has 1 fully saturated rings. The number of benzene rings is 1. The third-order valence-corrected chi connectivity index (χ3v) is 3.58. The van der Waals surface area contributed by atoms with Crippen molar-refractivity contribution in [2.24, 2.45) is 0 Å². The average Bonchev–Trinajstić information content (AvgIpc) is 2.86. The summed E-state index contributed by atoms with van der Waals surface area (Å²) in [5.74, 6) is 0. The Morgan fingerprint density at radius 1 is 1.45 bits per heavy atom. The Morgan fingerprint density at radius 3 is 2.82 bits per heavy atom. The van der Waals surface area contributed by atoms with Crippen molar-refractivity contribution < 1.29 is 9.53 Å². The van der Waals surface area contributed by atoms with Crippen molar-refractivity contribution in [3.8, 4) is 6.07 Å². The number of anilines is 1. The number of nitriles is 1.